The molecule has 1 aliphatic rings. The van der Waals surface area contributed by atoms with Gasteiger partial charge in [0.1, 0.15) is 17.2 Å². The molecular weight excluding hydrogens is 413 g/mol. The van der Waals surface area contributed by atoms with Gasteiger partial charge in [0.2, 0.25) is 0 Å². The Morgan fingerprint density at radius 2 is 1.66 bits per heavy atom. The number of rotatable bonds is 8. The van der Waals surface area contributed by atoms with Gasteiger partial charge in [-0.3, -0.25) is 24.7 Å². The van der Waals surface area contributed by atoms with E-state index in [0.717, 1.165) is 0 Å². The lowest BCUT2D eigenvalue weighted by Crippen LogP contribution is -2.51. The SMILES string of the molecule is COCCN1C[C@H](C(=O)c2ccn[nH]2)C(c2cccc(F)c2C)[C@@H](C(=O)c2ccn[nH]2)C1. The zero-order chi connectivity index (χ0) is 22.7. The van der Waals surface area contributed by atoms with E-state index < -0.39 is 17.8 Å². The summed E-state index contributed by atoms with van der Waals surface area (Å²) in [6.07, 6.45) is 3.04. The number of ketones is 2. The summed E-state index contributed by atoms with van der Waals surface area (Å²) >= 11 is 0. The molecule has 2 aromatic heterocycles. The monoisotopic (exact) mass is 439 g/mol. The molecule has 168 valence electrons. The number of benzene rings is 1. The van der Waals surface area contributed by atoms with E-state index >= 15 is 0 Å². The van der Waals surface area contributed by atoms with E-state index in [2.05, 4.69) is 25.3 Å². The highest BCUT2D eigenvalue weighted by atomic mass is 19.1. The fraction of sp³-hybridized carbons (Fsp3) is 0.391. The van der Waals surface area contributed by atoms with Crippen LogP contribution in [-0.2, 0) is 4.74 Å². The van der Waals surface area contributed by atoms with Gasteiger partial charge in [0.15, 0.2) is 11.6 Å². The molecule has 3 heterocycles. The summed E-state index contributed by atoms with van der Waals surface area (Å²) < 4.78 is 19.8. The molecule has 2 N–H and O–H groups in total. The first-order valence-corrected chi connectivity index (χ1v) is 10.5. The Kier molecular flexibility index (Phi) is 6.57. The first-order chi connectivity index (χ1) is 15.5. The number of Topliss-reactive ketones (excluding diaryl/α,β-unsaturated/α-hetero) is 2. The summed E-state index contributed by atoms with van der Waals surface area (Å²) in [5.41, 5.74) is 1.87. The quantitative estimate of drug-likeness (QED) is 0.523. The number of ether oxygens (including phenoxy) is 1. The molecule has 0 saturated carbocycles. The van der Waals surface area contributed by atoms with Crippen molar-refractivity contribution in [3.63, 3.8) is 0 Å². The molecule has 1 aliphatic heterocycles. The topological polar surface area (TPSA) is 104 Å². The first kappa shape index (κ1) is 22.0. The lowest BCUT2D eigenvalue weighted by atomic mass is 9.68. The van der Waals surface area contributed by atoms with Crippen LogP contribution in [0.2, 0.25) is 0 Å². The van der Waals surface area contributed by atoms with E-state index in [9.17, 15) is 14.0 Å². The molecule has 4 rings (SSSR count). The minimum absolute atomic E-state index is 0.152. The zero-order valence-electron chi connectivity index (χ0n) is 18.0. The Hall–Kier alpha value is -3.17. The van der Waals surface area contributed by atoms with Crippen molar-refractivity contribution in [2.24, 2.45) is 11.8 Å². The third-order valence-electron chi connectivity index (χ3n) is 6.26. The van der Waals surface area contributed by atoms with Crippen molar-refractivity contribution in [2.45, 2.75) is 12.8 Å². The van der Waals surface area contributed by atoms with Crippen LogP contribution in [-0.4, -0.2) is 70.2 Å². The minimum Gasteiger partial charge on any atom is -0.383 e. The van der Waals surface area contributed by atoms with Gasteiger partial charge in [-0.15, -0.1) is 0 Å². The number of nitrogens with zero attached hydrogens (tertiary/aromatic N) is 3. The highest BCUT2D eigenvalue weighted by molar-refractivity contribution is 6.00. The van der Waals surface area contributed by atoms with Gasteiger partial charge in [-0.25, -0.2) is 4.39 Å². The molecule has 2 atom stereocenters. The highest BCUT2D eigenvalue weighted by Gasteiger charge is 2.46. The molecule has 0 aliphatic carbocycles. The van der Waals surface area contributed by atoms with E-state index in [1.165, 1.54) is 18.5 Å². The van der Waals surface area contributed by atoms with Gasteiger partial charge in [0.05, 0.1) is 6.61 Å². The van der Waals surface area contributed by atoms with Crippen molar-refractivity contribution in [3.8, 4) is 0 Å². The second-order valence-electron chi connectivity index (χ2n) is 8.11. The van der Waals surface area contributed by atoms with E-state index in [1.54, 1.807) is 32.2 Å². The largest absolute Gasteiger partial charge is 0.383 e. The van der Waals surface area contributed by atoms with Gasteiger partial charge in [0, 0.05) is 56.9 Å². The third kappa shape index (κ3) is 4.26. The molecule has 0 bridgehead atoms. The molecule has 0 amide bonds. The molecule has 0 unspecified atom stereocenters. The maximum absolute atomic E-state index is 14.6. The van der Waals surface area contributed by atoms with Crippen LogP contribution in [0, 0.1) is 24.6 Å². The van der Waals surface area contributed by atoms with Gasteiger partial charge >= 0.3 is 0 Å². The molecule has 1 aromatic carbocycles. The summed E-state index contributed by atoms with van der Waals surface area (Å²) in [5, 5.41) is 13.3. The summed E-state index contributed by atoms with van der Waals surface area (Å²) in [5.74, 6) is -2.31. The van der Waals surface area contributed by atoms with E-state index in [-0.39, 0.29) is 17.4 Å². The lowest BCUT2D eigenvalue weighted by molar-refractivity contribution is 0.0492. The van der Waals surface area contributed by atoms with Crippen LogP contribution >= 0.6 is 0 Å². The molecule has 32 heavy (non-hydrogen) atoms. The Balaban J connectivity index is 1.81. The van der Waals surface area contributed by atoms with Crippen LogP contribution in [0.15, 0.2) is 42.7 Å². The number of halogens is 1. The fourth-order valence-corrected chi connectivity index (χ4v) is 4.64. The molecule has 3 aromatic rings. The van der Waals surface area contributed by atoms with Crippen molar-refractivity contribution in [2.75, 3.05) is 33.4 Å². The first-order valence-electron chi connectivity index (χ1n) is 10.5. The van der Waals surface area contributed by atoms with Crippen LogP contribution in [0.4, 0.5) is 4.39 Å². The number of H-pyrrole nitrogens is 2. The van der Waals surface area contributed by atoms with Crippen LogP contribution in [0.25, 0.3) is 0 Å². The average Bonchev–Trinajstić information content (AvgIpc) is 3.52. The van der Waals surface area contributed by atoms with Gasteiger partial charge in [-0.1, -0.05) is 12.1 Å². The normalized spacial score (nSPS) is 19.8. The predicted octanol–water partition coefficient (Wildman–Crippen LogP) is 2.62. The maximum Gasteiger partial charge on any atom is 0.185 e. The number of likely N-dealkylation sites (tertiary alicyclic amines) is 1. The van der Waals surface area contributed by atoms with E-state index in [0.29, 0.717) is 48.8 Å². The maximum atomic E-state index is 14.6. The number of hydrogen-bond donors (Lipinski definition) is 2. The fourth-order valence-electron chi connectivity index (χ4n) is 4.64. The summed E-state index contributed by atoms with van der Waals surface area (Å²) in [6.45, 7) is 3.59. The highest BCUT2D eigenvalue weighted by Crippen LogP contribution is 2.42. The average molecular weight is 439 g/mol. The van der Waals surface area contributed by atoms with Crippen LogP contribution in [0.3, 0.4) is 0 Å². The molecular formula is C23H26FN5O3. The number of aromatic amines is 2. The number of aromatic nitrogens is 4. The number of hydrogen-bond acceptors (Lipinski definition) is 6. The number of carbonyl (C=O) groups is 2. The lowest BCUT2D eigenvalue weighted by Gasteiger charge is -2.43. The number of carbonyl (C=O) groups excluding carboxylic acids is 2. The van der Waals surface area contributed by atoms with Crippen LogP contribution in [0.5, 0.6) is 0 Å². The summed E-state index contributed by atoms with van der Waals surface area (Å²) in [4.78, 5) is 29.2. The van der Waals surface area contributed by atoms with Crippen molar-refractivity contribution in [1.82, 2.24) is 25.3 Å². The predicted molar refractivity (Wildman–Crippen MR) is 115 cm³/mol. The standard InChI is InChI=1S/C23H26FN5O3/c1-14-15(4-3-5-18(14)24)21-16(22(30)19-6-8-25-27-19)12-29(10-11-32-2)13-17(21)23(31)20-7-9-26-28-20/h3-9,16-17,21H,10-13H2,1-2H3,(H,25,27)(H,26,28)/t16-,17-/m0/s1. The molecule has 1 fully saturated rings. The van der Waals surface area contributed by atoms with Gasteiger partial charge in [-0.05, 0) is 36.2 Å². The molecule has 9 heteroatoms. The number of methoxy groups -OCH3 is 1. The van der Waals surface area contributed by atoms with E-state index in [4.69, 9.17) is 4.74 Å². The smallest absolute Gasteiger partial charge is 0.185 e. The van der Waals surface area contributed by atoms with Gasteiger partial charge in [0.25, 0.3) is 0 Å². The molecule has 0 radical (unpaired) electrons. The van der Waals surface area contributed by atoms with Crippen molar-refractivity contribution in [1.29, 1.82) is 0 Å². The molecule has 1 saturated heterocycles. The van der Waals surface area contributed by atoms with Gasteiger partial charge in [-0.2, -0.15) is 10.2 Å². The zero-order valence-corrected chi connectivity index (χ0v) is 18.0. The summed E-state index contributed by atoms with van der Waals surface area (Å²) in [6, 6.07) is 8.08. The van der Waals surface area contributed by atoms with Crippen LogP contribution in [0.1, 0.15) is 38.0 Å². The Labute approximate surface area is 185 Å². The third-order valence-corrected chi connectivity index (χ3v) is 6.26. The number of nitrogens with one attached hydrogen (secondary N) is 2. The van der Waals surface area contributed by atoms with Crippen molar-refractivity contribution >= 4 is 11.6 Å². The van der Waals surface area contributed by atoms with Gasteiger partial charge < -0.3 is 4.74 Å². The Morgan fingerprint density at radius 1 is 1.06 bits per heavy atom. The summed E-state index contributed by atoms with van der Waals surface area (Å²) in [7, 11) is 1.61. The van der Waals surface area contributed by atoms with E-state index in [1.807, 2.05) is 6.07 Å². The Bertz CT molecular complexity index is 1010. The molecule has 0 spiro atoms. The minimum atomic E-state index is -0.571. The second kappa shape index (κ2) is 9.54. The second-order valence-corrected chi connectivity index (χ2v) is 8.11. The van der Waals surface area contributed by atoms with Crippen LogP contribution < -0.4 is 0 Å². The van der Waals surface area contributed by atoms with Crippen molar-refractivity contribution < 1.29 is 18.7 Å². The molecule has 8 nitrogen and oxygen atoms in total. The number of piperidine rings is 1. The van der Waals surface area contributed by atoms with Crippen molar-refractivity contribution in [3.05, 3.63) is 71.1 Å². The Morgan fingerprint density at radius 3 is 2.16 bits per heavy atom.